The highest BCUT2D eigenvalue weighted by atomic mass is 35.5. The molecule has 2 aromatic carbocycles. The maximum atomic E-state index is 13.4. The van der Waals surface area contributed by atoms with E-state index in [1.165, 1.54) is 12.3 Å². The van der Waals surface area contributed by atoms with Crippen molar-refractivity contribution in [3.8, 4) is 17.1 Å². The number of para-hydroxylation sites is 1. The topological polar surface area (TPSA) is 64.2 Å². The third-order valence-corrected chi connectivity index (χ3v) is 5.40. The molecule has 2 aromatic heterocycles. The number of hydrogen-bond donors (Lipinski definition) is 1. The van der Waals surface area contributed by atoms with E-state index in [9.17, 15) is 9.59 Å². The number of aromatic nitrogens is 1. The van der Waals surface area contributed by atoms with E-state index in [1.54, 1.807) is 24.3 Å². The number of aryl methyl sites for hydroxylation is 3. The predicted octanol–water partition coefficient (Wildman–Crippen LogP) is 5.93. The van der Waals surface area contributed by atoms with Crippen LogP contribution in [-0.4, -0.2) is 10.5 Å². The summed E-state index contributed by atoms with van der Waals surface area (Å²) in [5.41, 5.74) is 3.88. The van der Waals surface area contributed by atoms with Crippen LogP contribution in [-0.2, 0) is 0 Å². The summed E-state index contributed by atoms with van der Waals surface area (Å²) in [4.78, 5) is 26.5. The first kappa shape index (κ1) is 20.7. The van der Waals surface area contributed by atoms with E-state index in [-0.39, 0.29) is 11.0 Å². The van der Waals surface area contributed by atoms with Crippen LogP contribution >= 0.6 is 11.6 Å². The number of furan rings is 1. The highest BCUT2D eigenvalue weighted by Gasteiger charge is 2.25. The molecule has 6 heteroatoms. The largest absolute Gasteiger partial charge is 0.463 e. The molecule has 5 nitrogen and oxygen atoms in total. The number of rotatable bonds is 4. The summed E-state index contributed by atoms with van der Waals surface area (Å²) in [5, 5.41) is 3.47. The fourth-order valence-electron chi connectivity index (χ4n) is 3.73. The van der Waals surface area contributed by atoms with Crippen molar-refractivity contribution >= 4 is 23.2 Å². The first-order chi connectivity index (χ1) is 14.9. The molecule has 0 aliphatic rings. The van der Waals surface area contributed by atoms with Crippen molar-refractivity contribution in [2.24, 2.45) is 0 Å². The van der Waals surface area contributed by atoms with Gasteiger partial charge in [-0.1, -0.05) is 35.9 Å². The highest BCUT2D eigenvalue weighted by Crippen LogP contribution is 2.29. The van der Waals surface area contributed by atoms with Crippen molar-refractivity contribution in [1.82, 2.24) is 4.57 Å². The highest BCUT2D eigenvalue weighted by molar-refractivity contribution is 6.30. The number of nitrogens with one attached hydrogen (secondary N) is 1. The number of pyridine rings is 1. The zero-order valence-corrected chi connectivity index (χ0v) is 18.2. The molecule has 0 atom stereocenters. The molecule has 0 spiro atoms. The lowest BCUT2D eigenvalue weighted by molar-refractivity contribution is 0.102. The molecule has 0 radical (unpaired) electrons. The van der Waals surface area contributed by atoms with Crippen LogP contribution < -0.4 is 10.7 Å². The van der Waals surface area contributed by atoms with E-state index in [2.05, 4.69) is 5.32 Å². The summed E-state index contributed by atoms with van der Waals surface area (Å²) < 4.78 is 7.45. The van der Waals surface area contributed by atoms with Crippen LogP contribution in [0.1, 0.15) is 27.2 Å². The molecule has 1 N–H and O–H groups in total. The van der Waals surface area contributed by atoms with Crippen molar-refractivity contribution in [3.63, 3.8) is 0 Å². The van der Waals surface area contributed by atoms with Gasteiger partial charge in [-0.2, -0.15) is 0 Å². The fourth-order valence-corrected chi connectivity index (χ4v) is 3.92. The molecule has 0 aliphatic carbocycles. The SMILES string of the molecule is Cc1cccc(C)c1NC(=O)c1c(-c2ccco2)n(-c2cccc(Cl)c2)c(C)cc1=O. The van der Waals surface area contributed by atoms with E-state index >= 15 is 0 Å². The third-order valence-electron chi connectivity index (χ3n) is 5.17. The Bertz CT molecular complexity index is 1320. The van der Waals surface area contributed by atoms with Crippen molar-refractivity contribution in [3.05, 3.63) is 105 Å². The van der Waals surface area contributed by atoms with E-state index < -0.39 is 5.91 Å². The van der Waals surface area contributed by atoms with Gasteiger partial charge in [-0.05, 0) is 62.2 Å². The third kappa shape index (κ3) is 3.92. The first-order valence-corrected chi connectivity index (χ1v) is 10.2. The van der Waals surface area contributed by atoms with Crippen molar-refractivity contribution < 1.29 is 9.21 Å². The normalized spacial score (nSPS) is 10.8. The van der Waals surface area contributed by atoms with Crippen LogP contribution in [0, 0.1) is 20.8 Å². The lowest BCUT2D eigenvalue weighted by atomic mass is 10.1. The number of anilines is 1. The number of nitrogens with zero attached hydrogens (tertiary/aromatic N) is 1. The average molecular weight is 433 g/mol. The van der Waals surface area contributed by atoms with Crippen molar-refractivity contribution in [2.75, 3.05) is 5.32 Å². The molecule has 0 bridgehead atoms. The number of carbonyl (C=O) groups excluding carboxylic acids is 1. The molecule has 4 aromatic rings. The number of benzene rings is 2. The summed E-state index contributed by atoms with van der Waals surface area (Å²) in [5.74, 6) is -0.0861. The summed E-state index contributed by atoms with van der Waals surface area (Å²) in [6.07, 6.45) is 1.51. The molecule has 0 fully saturated rings. The molecule has 0 saturated carbocycles. The second-order valence-electron chi connectivity index (χ2n) is 7.39. The van der Waals surface area contributed by atoms with Crippen LogP contribution in [0.15, 0.2) is 76.1 Å². The van der Waals surface area contributed by atoms with Gasteiger partial charge < -0.3 is 14.3 Å². The van der Waals surface area contributed by atoms with Gasteiger partial charge >= 0.3 is 0 Å². The molecular weight excluding hydrogens is 412 g/mol. The Kier molecular flexibility index (Phi) is 5.53. The Hall–Kier alpha value is -3.57. The van der Waals surface area contributed by atoms with E-state index in [0.29, 0.717) is 27.9 Å². The standard InChI is InChI=1S/C25H21ClN2O3/c1-15-7-4-8-16(2)23(15)27-25(30)22-20(29)13-17(3)28(19-10-5-9-18(26)14-19)24(22)21-11-6-12-31-21/h4-14H,1-3H3,(H,27,30). The fraction of sp³-hybridized carbons (Fsp3) is 0.120. The molecule has 4 rings (SSSR count). The zero-order valence-electron chi connectivity index (χ0n) is 17.4. The average Bonchev–Trinajstić information content (AvgIpc) is 3.24. The van der Waals surface area contributed by atoms with Crippen LogP contribution in [0.25, 0.3) is 17.1 Å². The second kappa shape index (κ2) is 8.28. The van der Waals surface area contributed by atoms with E-state index in [1.807, 2.05) is 55.7 Å². The minimum absolute atomic E-state index is 0.00294. The van der Waals surface area contributed by atoms with Gasteiger partial charge in [-0.3, -0.25) is 9.59 Å². The van der Waals surface area contributed by atoms with Crippen LogP contribution in [0.3, 0.4) is 0 Å². The molecule has 156 valence electrons. The minimum atomic E-state index is -0.496. The van der Waals surface area contributed by atoms with Gasteiger partial charge in [0.15, 0.2) is 11.2 Å². The lowest BCUT2D eigenvalue weighted by Crippen LogP contribution is -2.26. The molecule has 0 saturated heterocycles. The number of halogens is 1. The summed E-state index contributed by atoms with van der Waals surface area (Å²) >= 11 is 6.22. The second-order valence-corrected chi connectivity index (χ2v) is 7.82. The smallest absolute Gasteiger partial charge is 0.261 e. The van der Waals surface area contributed by atoms with E-state index in [4.69, 9.17) is 16.0 Å². The molecular formula is C25H21ClN2O3. The lowest BCUT2D eigenvalue weighted by Gasteiger charge is -2.20. The Morgan fingerprint density at radius 1 is 0.968 bits per heavy atom. The van der Waals surface area contributed by atoms with Crippen molar-refractivity contribution in [2.45, 2.75) is 20.8 Å². The summed E-state index contributed by atoms with van der Waals surface area (Å²) in [7, 11) is 0. The number of amides is 1. The van der Waals surface area contributed by atoms with Gasteiger partial charge in [-0.15, -0.1) is 0 Å². The Morgan fingerprint density at radius 3 is 2.32 bits per heavy atom. The Morgan fingerprint density at radius 2 is 1.68 bits per heavy atom. The van der Waals surface area contributed by atoms with Gasteiger partial charge in [0, 0.05) is 28.2 Å². The molecule has 31 heavy (non-hydrogen) atoms. The molecule has 1 amide bonds. The Labute approximate surface area is 184 Å². The summed E-state index contributed by atoms with van der Waals surface area (Å²) in [6, 6.07) is 17.9. The quantitative estimate of drug-likeness (QED) is 0.434. The van der Waals surface area contributed by atoms with Crippen LogP contribution in [0.2, 0.25) is 5.02 Å². The van der Waals surface area contributed by atoms with Crippen molar-refractivity contribution in [1.29, 1.82) is 0 Å². The molecule has 0 aliphatic heterocycles. The van der Waals surface area contributed by atoms with E-state index in [0.717, 1.165) is 16.8 Å². The monoisotopic (exact) mass is 432 g/mol. The summed E-state index contributed by atoms with van der Waals surface area (Å²) in [6.45, 7) is 5.63. The predicted molar refractivity (Wildman–Crippen MR) is 123 cm³/mol. The minimum Gasteiger partial charge on any atom is -0.463 e. The number of hydrogen-bond acceptors (Lipinski definition) is 3. The van der Waals surface area contributed by atoms with Gasteiger partial charge in [0.2, 0.25) is 0 Å². The molecule has 0 unspecified atom stereocenters. The number of carbonyl (C=O) groups is 1. The van der Waals surface area contributed by atoms with Gasteiger partial charge in [0.25, 0.3) is 5.91 Å². The zero-order chi connectivity index (χ0) is 22.1. The van der Waals surface area contributed by atoms with Crippen LogP contribution in [0.4, 0.5) is 5.69 Å². The molecule has 2 heterocycles. The van der Waals surface area contributed by atoms with Gasteiger partial charge in [-0.25, -0.2) is 0 Å². The first-order valence-electron chi connectivity index (χ1n) is 9.81. The van der Waals surface area contributed by atoms with Crippen LogP contribution in [0.5, 0.6) is 0 Å². The maximum absolute atomic E-state index is 13.4. The van der Waals surface area contributed by atoms with Gasteiger partial charge in [0.05, 0.1) is 6.26 Å². The Balaban J connectivity index is 1.97. The van der Waals surface area contributed by atoms with Gasteiger partial charge in [0.1, 0.15) is 11.3 Å². The maximum Gasteiger partial charge on any atom is 0.261 e.